The molecule has 2 aromatic heterocycles. The molecule has 1 aliphatic rings. The highest BCUT2D eigenvalue weighted by Gasteiger charge is 2.28. The zero-order chi connectivity index (χ0) is 13.8. The Balaban J connectivity index is 1.80. The number of rotatable bonds is 4. The van der Waals surface area contributed by atoms with Gasteiger partial charge in [0.1, 0.15) is 5.01 Å². The van der Waals surface area contributed by atoms with E-state index >= 15 is 0 Å². The molecule has 0 unspecified atom stereocenters. The molecule has 5 nitrogen and oxygen atoms in total. The summed E-state index contributed by atoms with van der Waals surface area (Å²) in [7, 11) is 0. The maximum absolute atomic E-state index is 12.6. The van der Waals surface area contributed by atoms with Crippen LogP contribution in [0.1, 0.15) is 47.6 Å². The lowest BCUT2D eigenvalue weighted by atomic mass is 9.94. The number of carbonyl (C=O) groups excluding carboxylic acids is 1. The first kappa shape index (κ1) is 13.6. The van der Waals surface area contributed by atoms with E-state index < -0.39 is 0 Å². The van der Waals surface area contributed by atoms with Gasteiger partial charge in [0, 0.05) is 23.0 Å². The summed E-state index contributed by atoms with van der Waals surface area (Å²) in [5.41, 5.74) is 0.456. The van der Waals surface area contributed by atoms with E-state index in [0.717, 1.165) is 17.8 Å². The van der Waals surface area contributed by atoms with Crippen molar-refractivity contribution in [2.45, 2.75) is 44.7 Å². The van der Waals surface area contributed by atoms with Gasteiger partial charge in [-0.3, -0.25) is 4.79 Å². The summed E-state index contributed by atoms with van der Waals surface area (Å²) >= 11 is 2.81. The largest absolute Gasteiger partial charge is 0.327 e. The molecule has 2 heterocycles. The van der Waals surface area contributed by atoms with Crippen molar-refractivity contribution in [3.63, 3.8) is 0 Å². The lowest BCUT2D eigenvalue weighted by Crippen LogP contribution is -2.41. The molecule has 0 spiro atoms. The molecular weight excluding hydrogens is 292 g/mol. The third kappa shape index (κ3) is 3.04. The summed E-state index contributed by atoms with van der Waals surface area (Å²) in [6, 6.07) is 0.307. The first-order valence-corrected chi connectivity index (χ1v) is 8.52. The SMILES string of the molecule is O=C(c1csnn1)N(Cc1nccs1)C1CCCCC1. The van der Waals surface area contributed by atoms with Gasteiger partial charge in [0.15, 0.2) is 5.69 Å². The standard InChI is InChI=1S/C13H16N4OS2/c18-13(11-9-20-16-15-11)17(8-12-14-6-7-19-12)10-4-2-1-3-5-10/h6-7,9-10H,1-5,8H2. The molecule has 0 aliphatic heterocycles. The van der Waals surface area contributed by atoms with E-state index in [1.165, 1.54) is 30.8 Å². The number of hydrogen-bond donors (Lipinski definition) is 0. The van der Waals surface area contributed by atoms with Crippen molar-refractivity contribution in [2.75, 3.05) is 0 Å². The molecule has 1 fully saturated rings. The summed E-state index contributed by atoms with van der Waals surface area (Å²) in [6.45, 7) is 0.582. The van der Waals surface area contributed by atoms with Gasteiger partial charge in [0.25, 0.3) is 5.91 Å². The smallest absolute Gasteiger partial charge is 0.275 e. The molecule has 0 aromatic carbocycles. The second kappa shape index (κ2) is 6.41. The summed E-state index contributed by atoms with van der Waals surface area (Å²) in [4.78, 5) is 18.9. The van der Waals surface area contributed by atoms with Gasteiger partial charge in [-0.2, -0.15) is 0 Å². The van der Waals surface area contributed by atoms with Crippen molar-refractivity contribution >= 4 is 28.8 Å². The first-order valence-electron chi connectivity index (χ1n) is 6.81. The second-order valence-electron chi connectivity index (χ2n) is 4.94. The minimum atomic E-state index is -0.0131. The summed E-state index contributed by atoms with van der Waals surface area (Å²) in [5.74, 6) is -0.0131. The van der Waals surface area contributed by atoms with Gasteiger partial charge in [0.05, 0.1) is 6.54 Å². The number of carbonyl (C=O) groups is 1. The Morgan fingerprint density at radius 1 is 1.35 bits per heavy atom. The minimum Gasteiger partial charge on any atom is -0.327 e. The number of thiazole rings is 1. The van der Waals surface area contributed by atoms with Gasteiger partial charge in [-0.1, -0.05) is 23.8 Å². The predicted molar refractivity (Wildman–Crippen MR) is 78.8 cm³/mol. The molecule has 0 radical (unpaired) electrons. The normalized spacial score (nSPS) is 16.2. The number of hydrogen-bond acceptors (Lipinski definition) is 6. The highest BCUT2D eigenvalue weighted by atomic mass is 32.1. The number of amides is 1. The van der Waals surface area contributed by atoms with Crippen LogP contribution in [0.4, 0.5) is 0 Å². The van der Waals surface area contributed by atoms with Crippen molar-refractivity contribution in [1.82, 2.24) is 19.5 Å². The van der Waals surface area contributed by atoms with E-state index in [0.29, 0.717) is 18.3 Å². The van der Waals surface area contributed by atoms with E-state index in [2.05, 4.69) is 14.6 Å². The zero-order valence-electron chi connectivity index (χ0n) is 11.1. The first-order chi connectivity index (χ1) is 9.84. The van der Waals surface area contributed by atoms with E-state index in [4.69, 9.17) is 0 Å². The van der Waals surface area contributed by atoms with Crippen LogP contribution in [0.2, 0.25) is 0 Å². The third-order valence-electron chi connectivity index (χ3n) is 3.64. The van der Waals surface area contributed by atoms with Gasteiger partial charge >= 0.3 is 0 Å². The van der Waals surface area contributed by atoms with E-state index in [1.54, 1.807) is 22.9 Å². The monoisotopic (exact) mass is 308 g/mol. The number of nitrogens with zero attached hydrogens (tertiary/aromatic N) is 4. The predicted octanol–water partition coefficient (Wildman–Crippen LogP) is 2.97. The van der Waals surface area contributed by atoms with Gasteiger partial charge in [-0.05, 0) is 24.4 Å². The fourth-order valence-corrected chi connectivity index (χ4v) is 3.69. The van der Waals surface area contributed by atoms with Gasteiger partial charge in [-0.15, -0.1) is 16.4 Å². The minimum absolute atomic E-state index is 0.0131. The summed E-state index contributed by atoms with van der Waals surface area (Å²) in [5, 5.41) is 8.57. The number of aromatic nitrogens is 3. The summed E-state index contributed by atoms with van der Waals surface area (Å²) < 4.78 is 3.80. The van der Waals surface area contributed by atoms with E-state index in [1.807, 2.05) is 10.3 Å². The molecule has 3 rings (SSSR count). The molecule has 2 aromatic rings. The lowest BCUT2D eigenvalue weighted by Gasteiger charge is -2.33. The molecule has 1 aliphatic carbocycles. The molecule has 0 atom stereocenters. The maximum atomic E-state index is 12.6. The molecule has 20 heavy (non-hydrogen) atoms. The second-order valence-corrected chi connectivity index (χ2v) is 6.53. The molecule has 7 heteroatoms. The van der Waals surface area contributed by atoms with Crippen LogP contribution < -0.4 is 0 Å². The third-order valence-corrected chi connectivity index (χ3v) is 4.91. The van der Waals surface area contributed by atoms with Crippen LogP contribution in [0, 0.1) is 0 Å². The molecule has 1 saturated carbocycles. The molecule has 106 valence electrons. The Bertz CT molecular complexity index is 535. The molecule has 0 bridgehead atoms. The van der Waals surface area contributed by atoms with Crippen LogP contribution >= 0.6 is 22.9 Å². The maximum Gasteiger partial charge on any atom is 0.275 e. The van der Waals surface area contributed by atoms with Crippen LogP contribution in [-0.2, 0) is 6.54 Å². The van der Waals surface area contributed by atoms with Crippen LogP contribution in [0.25, 0.3) is 0 Å². The van der Waals surface area contributed by atoms with Crippen LogP contribution in [0.3, 0.4) is 0 Å². The Morgan fingerprint density at radius 3 is 2.85 bits per heavy atom. The fourth-order valence-electron chi connectivity index (χ4n) is 2.64. The van der Waals surface area contributed by atoms with Gasteiger partial charge < -0.3 is 4.90 Å². The molecular formula is C13H16N4OS2. The summed E-state index contributed by atoms with van der Waals surface area (Å²) in [6.07, 6.45) is 7.61. The van der Waals surface area contributed by atoms with Crippen molar-refractivity contribution < 1.29 is 4.79 Å². The quantitative estimate of drug-likeness (QED) is 0.871. The van der Waals surface area contributed by atoms with Crippen molar-refractivity contribution in [3.05, 3.63) is 27.7 Å². The Labute approximate surface area is 125 Å². The van der Waals surface area contributed by atoms with E-state index in [-0.39, 0.29) is 5.91 Å². The molecule has 0 N–H and O–H groups in total. The zero-order valence-corrected chi connectivity index (χ0v) is 12.7. The lowest BCUT2D eigenvalue weighted by molar-refractivity contribution is 0.0608. The van der Waals surface area contributed by atoms with Gasteiger partial charge in [0.2, 0.25) is 0 Å². The average Bonchev–Trinajstić information content (AvgIpc) is 3.18. The van der Waals surface area contributed by atoms with Crippen LogP contribution in [0.15, 0.2) is 17.0 Å². The van der Waals surface area contributed by atoms with E-state index in [9.17, 15) is 4.79 Å². The Kier molecular flexibility index (Phi) is 4.37. The topological polar surface area (TPSA) is 59.0 Å². The highest BCUT2D eigenvalue weighted by Crippen LogP contribution is 2.25. The van der Waals surface area contributed by atoms with Crippen LogP contribution in [-0.4, -0.2) is 31.4 Å². The average molecular weight is 308 g/mol. The fraction of sp³-hybridized carbons (Fsp3) is 0.538. The Hall–Kier alpha value is -1.34. The highest BCUT2D eigenvalue weighted by molar-refractivity contribution is 7.09. The van der Waals surface area contributed by atoms with Crippen molar-refractivity contribution in [2.24, 2.45) is 0 Å². The van der Waals surface area contributed by atoms with Gasteiger partial charge in [-0.25, -0.2) is 4.98 Å². The molecule has 0 saturated heterocycles. The van der Waals surface area contributed by atoms with Crippen molar-refractivity contribution in [1.29, 1.82) is 0 Å². The van der Waals surface area contributed by atoms with Crippen molar-refractivity contribution in [3.8, 4) is 0 Å². The van der Waals surface area contributed by atoms with Crippen LogP contribution in [0.5, 0.6) is 0 Å². The molecule has 1 amide bonds. The Morgan fingerprint density at radius 2 is 2.20 bits per heavy atom.